The smallest absolute Gasteiger partial charge is 0.450 e. The Hall–Kier alpha value is -0.300. The molecule has 0 aliphatic carbocycles. The van der Waals surface area contributed by atoms with Crippen LogP contribution in [0.25, 0.3) is 0 Å². The maximum Gasteiger partial charge on any atom is 0.503 e. The number of rotatable bonds is 3. The number of carbonyl (C=O) groups is 1. The number of hydrogen-bond donors (Lipinski definition) is 2. The molecule has 0 fully saturated rings. The summed E-state index contributed by atoms with van der Waals surface area (Å²) < 4.78 is 0. The predicted molar refractivity (Wildman–Crippen MR) is 56.5 cm³/mol. The molecule has 0 atom stereocenters. The van der Waals surface area contributed by atoms with Crippen LogP contribution in [-0.4, -0.2) is 41.5 Å². The first-order chi connectivity index (χ1) is 5.41. The summed E-state index contributed by atoms with van der Waals surface area (Å²) in [5.41, 5.74) is 0. The van der Waals surface area contributed by atoms with E-state index in [0.29, 0.717) is 0 Å². The Balaban J connectivity index is 0. The van der Waals surface area contributed by atoms with Gasteiger partial charge in [-0.3, -0.25) is 0 Å². The Morgan fingerprint density at radius 1 is 1.08 bits per heavy atom. The van der Waals surface area contributed by atoms with Crippen LogP contribution in [0.1, 0.15) is 20.8 Å². The molecule has 2 N–H and O–H groups in total. The molecule has 0 aliphatic heterocycles. The van der Waals surface area contributed by atoms with Crippen LogP contribution in [0.15, 0.2) is 0 Å². The first kappa shape index (κ1) is 14.2. The van der Waals surface area contributed by atoms with Crippen molar-refractivity contribution in [1.82, 2.24) is 0 Å². The van der Waals surface area contributed by atoms with Gasteiger partial charge >= 0.3 is 59.3 Å². The maximum atomic E-state index is 8.56. The van der Waals surface area contributed by atoms with Gasteiger partial charge in [0, 0.05) is 0 Å². The molecular formula is C8H21O3P. The second kappa shape index (κ2) is 7.35. The summed E-state index contributed by atoms with van der Waals surface area (Å²) in [5, 5.41) is 13.9. The number of carboxylic acid groups (broad SMARTS) is 2. The second-order valence-corrected chi connectivity index (χ2v) is 8.90. The van der Waals surface area contributed by atoms with Gasteiger partial charge in [-0.1, -0.05) is 0 Å². The minimum atomic E-state index is -1.83. The van der Waals surface area contributed by atoms with Crippen molar-refractivity contribution in [3.05, 3.63) is 0 Å². The monoisotopic (exact) mass is 196 g/mol. The van der Waals surface area contributed by atoms with Gasteiger partial charge in [0.2, 0.25) is 0 Å². The average Bonchev–Trinajstić information content (AvgIpc) is 2.02. The van der Waals surface area contributed by atoms with Gasteiger partial charge in [0.1, 0.15) is 0 Å². The SMILES string of the molecule is CC[PH](C)(CC)CC.O=C(O)O. The van der Waals surface area contributed by atoms with E-state index in [1.54, 1.807) is 0 Å². The first-order valence-electron chi connectivity index (χ1n) is 4.33. The third-order valence-corrected chi connectivity index (χ3v) is 7.68. The van der Waals surface area contributed by atoms with E-state index < -0.39 is 13.4 Å². The Morgan fingerprint density at radius 3 is 1.25 bits per heavy atom. The van der Waals surface area contributed by atoms with Crippen molar-refractivity contribution in [3.8, 4) is 0 Å². The summed E-state index contributed by atoms with van der Waals surface area (Å²) in [6.45, 7) is 9.49. The fraction of sp³-hybridized carbons (Fsp3) is 0.875. The van der Waals surface area contributed by atoms with E-state index in [-0.39, 0.29) is 0 Å². The minimum absolute atomic E-state index is 0.671. The normalized spacial score (nSPS) is 11.3. The van der Waals surface area contributed by atoms with Crippen molar-refractivity contribution in [2.45, 2.75) is 20.8 Å². The zero-order chi connectivity index (χ0) is 10.2. The predicted octanol–water partition coefficient (Wildman–Crippen LogP) is 2.65. The molecule has 0 aromatic carbocycles. The van der Waals surface area contributed by atoms with Gasteiger partial charge in [-0.15, -0.1) is 0 Å². The fourth-order valence-electron chi connectivity index (χ4n) is 0.750. The molecule has 12 heavy (non-hydrogen) atoms. The van der Waals surface area contributed by atoms with E-state index in [1.807, 2.05) is 0 Å². The topological polar surface area (TPSA) is 57.5 Å². The molecule has 0 amide bonds. The molecule has 0 saturated heterocycles. The molecule has 0 aromatic rings. The Bertz CT molecular complexity index is 109. The summed E-state index contributed by atoms with van der Waals surface area (Å²) in [6, 6.07) is 0. The summed E-state index contributed by atoms with van der Waals surface area (Å²) in [5.74, 6) is 0. The van der Waals surface area contributed by atoms with Crippen LogP contribution in [0.5, 0.6) is 0 Å². The van der Waals surface area contributed by atoms with Crippen LogP contribution in [0.4, 0.5) is 4.79 Å². The molecule has 4 heteroatoms. The molecule has 0 unspecified atom stereocenters. The standard InChI is InChI=1S/C7H19P.CH2O3/c1-5-8(4,6-2)7-3;2-1(3)4/h8H,5-7H2,1-4H3;(H2,2,3,4). The molecular weight excluding hydrogens is 175 g/mol. The third kappa shape index (κ3) is 9.70. The molecule has 0 bridgehead atoms. The Morgan fingerprint density at radius 2 is 1.25 bits per heavy atom. The first-order valence-corrected chi connectivity index (χ1v) is 7.45. The van der Waals surface area contributed by atoms with Crippen LogP contribution in [-0.2, 0) is 0 Å². The van der Waals surface area contributed by atoms with Gasteiger partial charge in [-0.25, -0.2) is 4.79 Å². The van der Waals surface area contributed by atoms with Gasteiger partial charge in [-0.05, 0) is 0 Å². The molecule has 0 aliphatic rings. The van der Waals surface area contributed by atoms with Gasteiger partial charge < -0.3 is 10.2 Å². The van der Waals surface area contributed by atoms with Crippen LogP contribution >= 0.6 is 7.26 Å². The largest absolute Gasteiger partial charge is 0.503 e. The second-order valence-electron chi connectivity index (χ2n) is 3.15. The van der Waals surface area contributed by atoms with E-state index in [1.165, 1.54) is 18.5 Å². The van der Waals surface area contributed by atoms with E-state index in [9.17, 15) is 0 Å². The third-order valence-electron chi connectivity index (χ3n) is 2.56. The maximum absolute atomic E-state index is 8.56. The fourth-order valence-corrected chi connectivity index (χ4v) is 2.25. The van der Waals surface area contributed by atoms with Gasteiger partial charge in [0.25, 0.3) is 0 Å². The van der Waals surface area contributed by atoms with Crippen molar-refractivity contribution in [1.29, 1.82) is 0 Å². The summed E-state index contributed by atoms with van der Waals surface area (Å²) >= 11 is 0. The number of hydrogen-bond acceptors (Lipinski definition) is 1. The van der Waals surface area contributed by atoms with Crippen molar-refractivity contribution in [2.24, 2.45) is 0 Å². The van der Waals surface area contributed by atoms with Crippen LogP contribution in [0, 0.1) is 0 Å². The zero-order valence-corrected chi connectivity index (χ0v) is 9.42. The van der Waals surface area contributed by atoms with Crippen LogP contribution < -0.4 is 0 Å². The molecule has 0 heterocycles. The van der Waals surface area contributed by atoms with Crippen molar-refractivity contribution in [2.75, 3.05) is 25.2 Å². The van der Waals surface area contributed by atoms with Crippen molar-refractivity contribution < 1.29 is 15.0 Å². The summed E-state index contributed by atoms with van der Waals surface area (Å²) in [4.78, 5) is 8.56. The zero-order valence-electron chi connectivity index (χ0n) is 8.42. The van der Waals surface area contributed by atoms with E-state index >= 15 is 0 Å². The molecule has 0 spiro atoms. The minimum Gasteiger partial charge on any atom is -0.450 e. The summed E-state index contributed by atoms with van der Waals surface area (Å²) in [6.07, 6.45) is 2.54. The average molecular weight is 196 g/mol. The quantitative estimate of drug-likeness (QED) is 0.682. The molecule has 0 radical (unpaired) electrons. The van der Waals surface area contributed by atoms with E-state index in [2.05, 4.69) is 27.4 Å². The van der Waals surface area contributed by atoms with Crippen molar-refractivity contribution >= 4 is 13.4 Å². The van der Waals surface area contributed by atoms with Gasteiger partial charge in [0.15, 0.2) is 0 Å². The van der Waals surface area contributed by atoms with E-state index in [0.717, 1.165) is 0 Å². The van der Waals surface area contributed by atoms with Crippen LogP contribution in [0.3, 0.4) is 0 Å². The Labute approximate surface area is 75.1 Å². The Kier molecular flexibility index (Phi) is 8.73. The molecule has 0 aromatic heterocycles. The molecule has 0 rings (SSSR count). The molecule has 0 saturated carbocycles. The van der Waals surface area contributed by atoms with Crippen LogP contribution in [0.2, 0.25) is 0 Å². The van der Waals surface area contributed by atoms with Gasteiger partial charge in [-0.2, -0.15) is 0 Å². The van der Waals surface area contributed by atoms with Crippen molar-refractivity contribution in [3.63, 3.8) is 0 Å². The van der Waals surface area contributed by atoms with E-state index in [4.69, 9.17) is 15.0 Å². The summed E-state index contributed by atoms with van der Waals surface area (Å²) in [7, 11) is -0.671. The van der Waals surface area contributed by atoms with Gasteiger partial charge in [0.05, 0.1) is 0 Å². The molecule has 3 nitrogen and oxygen atoms in total. The molecule has 76 valence electrons.